The van der Waals surface area contributed by atoms with Gasteiger partial charge in [0.1, 0.15) is 0 Å². The molecule has 0 fully saturated rings. The minimum absolute atomic E-state index is 0.593. The molecular formula is C24H35N. The Hall–Kier alpha value is -1.60. The topological polar surface area (TPSA) is 3.24 Å². The zero-order chi connectivity index (χ0) is 18.2. The highest BCUT2D eigenvalue weighted by Crippen LogP contribution is 2.20. The maximum absolute atomic E-state index is 4.34. The molecule has 0 unspecified atom stereocenters. The van der Waals surface area contributed by atoms with Crippen LogP contribution in [0.15, 0.2) is 53.6 Å². The van der Waals surface area contributed by atoms with Crippen LogP contribution in [0.3, 0.4) is 0 Å². The first-order valence-corrected chi connectivity index (χ1v) is 9.82. The second kappa shape index (κ2) is 9.77. The predicted octanol–water partition coefficient (Wildman–Crippen LogP) is 6.59. The molecule has 0 saturated heterocycles. The third kappa shape index (κ3) is 6.66. The minimum Gasteiger partial charge on any atom is -0.299 e. The van der Waals surface area contributed by atoms with Crippen LogP contribution in [-0.2, 0) is 0 Å². The summed E-state index contributed by atoms with van der Waals surface area (Å²) in [5, 5.41) is 0. The van der Waals surface area contributed by atoms with E-state index in [1.165, 1.54) is 54.6 Å². The third-order valence-corrected chi connectivity index (χ3v) is 5.07. The van der Waals surface area contributed by atoms with Gasteiger partial charge in [-0.3, -0.25) is 4.90 Å². The normalized spacial score (nSPS) is 16.7. The standard InChI is InChI=1S/C24H35N/c1-6-22-8-7-14-25(15-13-22)18-21(5)16-20(4)17-23-9-11-24(12-10-23)19(2)3/h8-12,17,19H,5-7,13-16,18H2,1-4H3/b20-17+. The van der Waals surface area contributed by atoms with Gasteiger partial charge in [-0.1, -0.05) is 80.5 Å². The average molecular weight is 338 g/mol. The van der Waals surface area contributed by atoms with Crippen LogP contribution in [0, 0.1) is 0 Å². The van der Waals surface area contributed by atoms with E-state index >= 15 is 0 Å². The lowest BCUT2D eigenvalue weighted by Gasteiger charge is -2.21. The molecule has 0 spiro atoms. The van der Waals surface area contributed by atoms with Crippen molar-refractivity contribution in [3.63, 3.8) is 0 Å². The molecule has 0 bridgehead atoms. The van der Waals surface area contributed by atoms with Crippen molar-refractivity contribution in [3.8, 4) is 0 Å². The number of benzene rings is 1. The van der Waals surface area contributed by atoms with Crippen LogP contribution in [0.2, 0.25) is 0 Å². The van der Waals surface area contributed by atoms with E-state index < -0.39 is 0 Å². The largest absolute Gasteiger partial charge is 0.299 e. The van der Waals surface area contributed by atoms with Crippen LogP contribution in [0.1, 0.15) is 70.4 Å². The predicted molar refractivity (Wildman–Crippen MR) is 112 cm³/mol. The summed E-state index contributed by atoms with van der Waals surface area (Å²) >= 11 is 0. The zero-order valence-electron chi connectivity index (χ0n) is 16.6. The fourth-order valence-corrected chi connectivity index (χ4v) is 3.53. The first-order valence-electron chi connectivity index (χ1n) is 9.82. The molecule has 1 aromatic carbocycles. The van der Waals surface area contributed by atoms with Gasteiger partial charge in [0, 0.05) is 19.6 Å². The Morgan fingerprint density at radius 2 is 1.92 bits per heavy atom. The highest BCUT2D eigenvalue weighted by atomic mass is 15.1. The summed E-state index contributed by atoms with van der Waals surface area (Å²) in [7, 11) is 0. The smallest absolute Gasteiger partial charge is 0.0193 e. The molecule has 2 rings (SSSR count). The summed E-state index contributed by atoms with van der Waals surface area (Å²) in [5.41, 5.74) is 7.03. The van der Waals surface area contributed by atoms with Crippen molar-refractivity contribution in [2.45, 2.75) is 59.3 Å². The van der Waals surface area contributed by atoms with Gasteiger partial charge in [0.05, 0.1) is 0 Å². The molecule has 0 saturated carbocycles. The van der Waals surface area contributed by atoms with Crippen LogP contribution in [-0.4, -0.2) is 24.5 Å². The van der Waals surface area contributed by atoms with Crippen molar-refractivity contribution < 1.29 is 0 Å². The molecular weight excluding hydrogens is 302 g/mol. The molecule has 136 valence electrons. The van der Waals surface area contributed by atoms with Crippen LogP contribution < -0.4 is 0 Å². The summed E-state index contributed by atoms with van der Waals surface area (Å²) in [6.07, 6.45) is 9.35. The van der Waals surface area contributed by atoms with Crippen molar-refractivity contribution in [1.82, 2.24) is 4.90 Å². The van der Waals surface area contributed by atoms with Gasteiger partial charge in [0.15, 0.2) is 0 Å². The van der Waals surface area contributed by atoms with E-state index in [1.54, 1.807) is 5.57 Å². The molecule has 25 heavy (non-hydrogen) atoms. The van der Waals surface area contributed by atoms with Crippen LogP contribution >= 0.6 is 0 Å². The van der Waals surface area contributed by atoms with Crippen molar-refractivity contribution in [1.29, 1.82) is 0 Å². The molecule has 0 atom stereocenters. The monoisotopic (exact) mass is 337 g/mol. The highest BCUT2D eigenvalue weighted by Gasteiger charge is 2.11. The fourth-order valence-electron chi connectivity index (χ4n) is 3.53. The van der Waals surface area contributed by atoms with Crippen LogP contribution in [0.5, 0.6) is 0 Å². The van der Waals surface area contributed by atoms with Gasteiger partial charge in [-0.2, -0.15) is 0 Å². The molecule has 0 aromatic heterocycles. The lowest BCUT2D eigenvalue weighted by molar-refractivity contribution is 0.310. The first-order chi connectivity index (χ1) is 12.0. The summed E-state index contributed by atoms with van der Waals surface area (Å²) < 4.78 is 0. The Balaban J connectivity index is 1.85. The molecule has 0 amide bonds. The maximum atomic E-state index is 4.34. The van der Waals surface area contributed by atoms with Crippen molar-refractivity contribution in [2.75, 3.05) is 19.6 Å². The number of hydrogen-bond acceptors (Lipinski definition) is 1. The van der Waals surface area contributed by atoms with Gasteiger partial charge in [0.25, 0.3) is 0 Å². The van der Waals surface area contributed by atoms with Gasteiger partial charge in [-0.05, 0) is 49.7 Å². The Morgan fingerprint density at radius 3 is 2.56 bits per heavy atom. The molecule has 1 aromatic rings. The number of rotatable bonds is 7. The maximum Gasteiger partial charge on any atom is 0.0193 e. The van der Waals surface area contributed by atoms with Gasteiger partial charge in [-0.15, -0.1) is 0 Å². The summed E-state index contributed by atoms with van der Waals surface area (Å²) in [5.74, 6) is 0.593. The molecule has 0 aliphatic carbocycles. The van der Waals surface area contributed by atoms with E-state index in [0.717, 1.165) is 13.0 Å². The number of hydrogen-bond donors (Lipinski definition) is 0. The molecule has 0 radical (unpaired) electrons. The van der Waals surface area contributed by atoms with E-state index in [1.807, 2.05) is 0 Å². The molecule has 1 nitrogen and oxygen atoms in total. The zero-order valence-corrected chi connectivity index (χ0v) is 16.6. The van der Waals surface area contributed by atoms with E-state index in [9.17, 15) is 0 Å². The van der Waals surface area contributed by atoms with Gasteiger partial charge < -0.3 is 0 Å². The second-order valence-electron chi connectivity index (χ2n) is 7.77. The molecule has 0 N–H and O–H groups in total. The first kappa shape index (κ1) is 19.7. The van der Waals surface area contributed by atoms with Gasteiger partial charge >= 0.3 is 0 Å². The van der Waals surface area contributed by atoms with Crippen LogP contribution in [0.4, 0.5) is 0 Å². The average Bonchev–Trinajstić information content (AvgIpc) is 2.80. The quantitative estimate of drug-likeness (QED) is 0.507. The Morgan fingerprint density at radius 1 is 1.20 bits per heavy atom. The second-order valence-corrected chi connectivity index (χ2v) is 7.77. The number of nitrogens with zero attached hydrogens (tertiary/aromatic N) is 1. The van der Waals surface area contributed by atoms with E-state index in [-0.39, 0.29) is 0 Å². The summed E-state index contributed by atoms with van der Waals surface area (Å²) in [4.78, 5) is 2.56. The number of allylic oxidation sites excluding steroid dienone is 1. The Labute approximate surface area is 155 Å². The van der Waals surface area contributed by atoms with Crippen LogP contribution in [0.25, 0.3) is 6.08 Å². The van der Waals surface area contributed by atoms with Crippen molar-refractivity contribution in [2.24, 2.45) is 0 Å². The Kier molecular flexibility index (Phi) is 7.71. The SMILES string of the molecule is C=C(C/C(C)=C/c1ccc(C(C)C)cc1)CN1CCC=C(CC)CC1. The van der Waals surface area contributed by atoms with E-state index in [4.69, 9.17) is 0 Å². The lowest BCUT2D eigenvalue weighted by Crippen LogP contribution is -2.27. The third-order valence-electron chi connectivity index (χ3n) is 5.07. The van der Waals surface area contributed by atoms with E-state index in [0.29, 0.717) is 5.92 Å². The van der Waals surface area contributed by atoms with E-state index in [2.05, 4.69) is 75.6 Å². The lowest BCUT2D eigenvalue weighted by atomic mass is 10.00. The fraction of sp³-hybridized carbons (Fsp3) is 0.500. The van der Waals surface area contributed by atoms with Crippen molar-refractivity contribution >= 4 is 6.08 Å². The minimum atomic E-state index is 0.593. The molecule has 1 heterocycles. The van der Waals surface area contributed by atoms with Gasteiger partial charge in [-0.25, -0.2) is 0 Å². The molecule has 1 heteroatoms. The summed E-state index contributed by atoms with van der Waals surface area (Å²) in [6, 6.07) is 8.95. The highest BCUT2D eigenvalue weighted by molar-refractivity contribution is 5.53. The van der Waals surface area contributed by atoms with Crippen molar-refractivity contribution in [3.05, 3.63) is 64.8 Å². The Bertz CT molecular complexity index is 616. The van der Waals surface area contributed by atoms with Gasteiger partial charge in [0.2, 0.25) is 0 Å². The molecule has 1 aliphatic rings. The summed E-state index contributed by atoms with van der Waals surface area (Å²) in [6.45, 7) is 16.7. The molecule has 1 aliphatic heterocycles.